The smallest absolute Gasteiger partial charge is 0.226 e. The fraction of sp³-hybridized carbons (Fsp3) is 0.438. The van der Waals surface area contributed by atoms with E-state index < -0.39 is 6.10 Å². The molecule has 1 aromatic heterocycles. The van der Waals surface area contributed by atoms with Gasteiger partial charge in [0.1, 0.15) is 11.7 Å². The molecule has 0 radical (unpaired) electrons. The van der Waals surface area contributed by atoms with Gasteiger partial charge in [-0.2, -0.15) is 0 Å². The molecular formula is C16H20O3. The Balaban J connectivity index is 2.29. The second kappa shape index (κ2) is 6.02. The van der Waals surface area contributed by atoms with Crippen molar-refractivity contribution in [3.8, 4) is 0 Å². The molecule has 2 aromatic rings. The van der Waals surface area contributed by atoms with Crippen LogP contribution in [0.5, 0.6) is 0 Å². The van der Waals surface area contributed by atoms with Crippen molar-refractivity contribution in [2.45, 2.75) is 39.7 Å². The average molecular weight is 260 g/mol. The van der Waals surface area contributed by atoms with Crippen LogP contribution >= 0.6 is 0 Å². The highest BCUT2D eigenvalue weighted by molar-refractivity contribution is 6.00. The Morgan fingerprint density at radius 3 is 2.79 bits per heavy atom. The first kappa shape index (κ1) is 13.8. The summed E-state index contributed by atoms with van der Waals surface area (Å²) in [7, 11) is 0. The number of ketones is 1. The number of ether oxygens (including phenoxy) is 1. The molecule has 102 valence electrons. The summed E-state index contributed by atoms with van der Waals surface area (Å²) in [6.45, 7) is 6.50. The maximum Gasteiger partial charge on any atom is 0.226 e. The second-order valence-electron chi connectivity index (χ2n) is 4.75. The van der Waals surface area contributed by atoms with Gasteiger partial charge in [-0.3, -0.25) is 4.79 Å². The van der Waals surface area contributed by atoms with E-state index in [0.717, 1.165) is 29.4 Å². The summed E-state index contributed by atoms with van der Waals surface area (Å²) in [5.74, 6) is 0.338. The molecule has 0 bridgehead atoms. The molecule has 0 N–H and O–H groups in total. The molecule has 3 heteroatoms. The van der Waals surface area contributed by atoms with Gasteiger partial charge in [-0.25, -0.2) is 0 Å². The maximum atomic E-state index is 12.4. The lowest BCUT2D eigenvalue weighted by Crippen LogP contribution is -2.23. The Morgan fingerprint density at radius 2 is 2.11 bits per heavy atom. The summed E-state index contributed by atoms with van der Waals surface area (Å²) >= 11 is 0. The molecule has 1 unspecified atom stereocenters. The predicted molar refractivity (Wildman–Crippen MR) is 75.6 cm³/mol. The molecule has 19 heavy (non-hydrogen) atoms. The fourth-order valence-corrected chi connectivity index (χ4v) is 2.20. The third kappa shape index (κ3) is 3.04. The van der Waals surface area contributed by atoms with Crippen LogP contribution in [0, 0.1) is 6.92 Å². The number of carbonyl (C=O) groups excluding carboxylic acids is 1. The summed E-state index contributed by atoms with van der Waals surface area (Å²) in [6, 6.07) is 7.71. The number of rotatable bonds is 6. The highest BCUT2D eigenvalue weighted by Crippen LogP contribution is 2.22. The molecule has 0 saturated heterocycles. The van der Waals surface area contributed by atoms with Gasteiger partial charge < -0.3 is 9.15 Å². The number of hydrogen-bond acceptors (Lipinski definition) is 3. The molecule has 0 aliphatic carbocycles. The minimum Gasteiger partial charge on any atom is -0.453 e. The van der Waals surface area contributed by atoms with E-state index in [0.29, 0.717) is 12.4 Å². The highest BCUT2D eigenvalue weighted by atomic mass is 16.5. The molecule has 1 heterocycles. The zero-order chi connectivity index (χ0) is 13.8. The number of benzene rings is 1. The molecule has 1 aromatic carbocycles. The first-order chi connectivity index (χ1) is 9.15. The number of aryl methyl sites for hydroxylation is 1. The lowest BCUT2D eigenvalue weighted by atomic mass is 10.1. The van der Waals surface area contributed by atoms with Crippen LogP contribution in [0.15, 0.2) is 28.7 Å². The van der Waals surface area contributed by atoms with E-state index in [1.54, 1.807) is 0 Å². The first-order valence-corrected chi connectivity index (χ1v) is 6.81. The van der Waals surface area contributed by atoms with Crippen LogP contribution in [-0.4, -0.2) is 18.5 Å². The zero-order valence-electron chi connectivity index (χ0n) is 11.7. The summed E-state index contributed by atoms with van der Waals surface area (Å²) < 4.78 is 11.1. The third-order valence-electron chi connectivity index (χ3n) is 3.13. The monoisotopic (exact) mass is 260 g/mol. The van der Waals surface area contributed by atoms with Crippen molar-refractivity contribution < 1.29 is 13.9 Å². The molecule has 0 fully saturated rings. The van der Waals surface area contributed by atoms with E-state index in [1.807, 2.05) is 45.0 Å². The lowest BCUT2D eigenvalue weighted by molar-refractivity contribution is 0.0401. The van der Waals surface area contributed by atoms with Crippen LogP contribution in [0.3, 0.4) is 0 Å². The number of Topliss-reactive ketones (excluding diaryl/α,β-unsaturated/α-hetero) is 1. The Kier molecular flexibility index (Phi) is 4.38. The molecule has 0 aliphatic heterocycles. The Morgan fingerprint density at radius 1 is 1.32 bits per heavy atom. The normalized spacial score (nSPS) is 12.8. The van der Waals surface area contributed by atoms with Gasteiger partial charge in [0.05, 0.1) is 0 Å². The van der Waals surface area contributed by atoms with E-state index in [-0.39, 0.29) is 5.78 Å². The van der Waals surface area contributed by atoms with Crippen molar-refractivity contribution in [2.75, 3.05) is 6.61 Å². The molecule has 3 nitrogen and oxygen atoms in total. The largest absolute Gasteiger partial charge is 0.453 e. The van der Waals surface area contributed by atoms with Crippen LogP contribution in [-0.2, 0) is 4.74 Å². The molecule has 2 rings (SSSR count). The van der Waals surface area contributed by atoms with Crippen molar-refractivity contribution in [1.82, 2.24) is 0 Å². The second-order valence-corrected chi connectivity index (χ2v) is 4.75. The molecule has 0 amide bonds. The van der Waals surface area contributed by atoms with Gasteiger partial charge in [0.15, 0.2) is 5.76 Å². The van der Waals surface area contributed by atoms with E-state index in [2.05, 4.69) is 0 Å². The molecule has 0 spiro atoms. The molecular weight excluding hydrogens is 240 g/mol. The summed E-state index contributed by atoms with van der Waals surface area (Å²) in [6.07, 6.45) is 1.25. The van der Waals surface area contributed by atoms with Gasteiger partial charge in [-0.1, -0.05) is 25.0 Å². The number of fused-ring (bicyclic) bond motifs is 1. The molecule has 1 atom stereocenters. The maximum absolute atomic E-state index is 12.4. The van der Waals surface area contributed by atoms with Crippen molar-refractivity contribution in [3.63, 3.8) is 0 Å². The van der Waals surface area contributed by atoms with Crippen molar-refractivity contribution >= 4 is 16.8 Å². The summed E-state index contributed by atoms with van der Waals surface area (Å²) in [5.41, 5.74) is 1.91. The minimum atomic E-state index is -0.392. The topological polar surface area (TPSA) is 39.4 Å². The SMILES string of the molecule is CCCC(OCC)C(=O)c1cc2cc(C)ccc2o1. The number of carbonyl (C=O) groups is 1. The minimum absolute atomic E-state index is 0.0578. The zero-order valence-corrected chi connectivity index (χ0v) is 11.7. The van der Waals surface area contributed by atoms with Crippen molar-refractivity contribution in [2.24, 2.45) is 0 Å². The van der Waals surface area contributed by atoms with Gasteiger partial charge in [0.2, 0.25) is 5.78 Å². The van der Waals surface area contributed by atoms with E-state index in [9.17, 15) is 4.79 Å². The van der Waals surface area contributed by atoms with Crippen molar-refractivity contribution in [1.29, 1.82) is 0 Å². The standard InChI is InChI=1S/C16H20O3/c1-4-6-14(18-5-2)16(17)15-10-12-9-11(3)7-8-13(12)19-15/h7-10,14H,4-6H2,1-3H3. The van der Waals surface area contributed by atoms with Gasteiger partial charge >= 0.3 is 0 Å². The summed E-state index contributed by atoms with van der Waals surface area (Å²) in [5, 5.41) is 0.968. The Hall–Kier alpha value is -1.61. The van der Waals surface area contributed by atoms with E-state index in [1.165, 1.54) is 0 Å². The van der Waals surface area contributed by atoms with Crippen LogP contribution in [0.25, 0.3) is 11.0 Å². The average Bonchev–Trinajstić information content (AvgIpc) is 2.80. The Labute approximate surface area is 113 Å². The highest BCUT2D eigenvalue weighted by Gasteiger charge is 2.23. The lowest BCUT2D eigenvalue weighted by Gasteiger charge is -2.12. The van der Waals surface area contributed by atoms with E-state index in [4.69, 9.17) is 9.15 Å². The van der Waals surface area contributed by atoms with Gasteiger partial charge in [-0.15, -0.1) is 0 Å². The van der Waals surface area contributed by atoms with Gasteiger partial charge in [-0.05, 0) is 38.5 Å². The van der Waals surface area contributed by atoms with Crippen LogP contribution in [0.2, 0.25) is 0 Å². The van der Waals surface area contributed by atoms with Crippen LogP contribution < -0.4 is 0 Å². The quantitative estimate of drug-likeness (QED) is 0.733. The first-order valence-electron chi connectivity index (χ1n) is 6.81. The third-order valence-corrected chi connectivity index (χ3v) is 3.13. The molecule has 0 saturated carbocycles. The number of hydrogen-bond donors (Lipinski definition) is 0. The summed E-state index contributed by atoms with van der Waals surface area (Å²) in [4.78, 5) is 12.4. The van der Waals surface area contributed by atoms with Crippen LogP contribution in [0.1, 0.15) is 42.8 Å². The van der Waals surface area contributed by atoms with Gasteiger partial charge in [0, 0.05) is 12.0 Å². The fourth-order valence-electron chi connectivity index (χ4n) is 2.20. The Bertz CT molecular complexity index is 562. The van der Waals surface area contributed by atoms with Gasteiger partial charge in [0.25, 0.3) is 0 Å². The number of furan rings is 1. The van der Waals surface area contributed by atoms with Crippen molar-refractivity contribution in [3.05, 3.63) is 35.6 Å². The predicted octanol–water partition coefficient (Wildman–Crippen LogP) is 4.13. The molecule has 0 aliphatic rings. The van der Waals surface area contributed by atoms with Crippen LogP contribution in [0.4, 0.5) is 0 Å². The van der Waals surface area contributed by atoms with E-state index >= 15 is 0 Å².